The minimum absolute atomic E-state index is 0.159. The normalized spacial score (nSPS) is 13.0. The molecule has 0 amide bonds. The number of hydrogen-bond donors (Lipinski definition) is 2. The first-order valence-electron chi connectivity index (χ1n) is 3.63. The second-order valence-corrected chi connectivity index (χ2v) is 2.65. The summed E-state index contributed by atoms with van der Waals surface area (Å²) in [5.74, 6) is -0.526. The third-order valence-corrected chi connectivity index (χ3v) is 1.71. The highest BCUT2D eigenvalue weighted by molar-refractivity contribution is 5.25. The Kier molecular flexibility index (Phi) is 2.73. The third kappa shape index (κ3) is 1.78. The molecule has 12 heavy (non-hydrogen) atoms. The zero-order valence-corrected chi connectivity index (χ0v) is 6.79. The standard InChI is InChI=1S/C8H11FN2O/c1-5-2-8(9)11-3-6(5)7(10)4-12/h2-3,7,12H,4,10H2,1H3. The summed E-state index contributed by atoms with van der Waals surface area (Å²) < 4.78 is 12.5. The van der Waals surface area contributed by atoms with Crippen molar-refractivity contribution in [3.63, 3.8) is 0 Å². The van der Waals surface area contributed by atoms with Crippen LogP contribution in [0.5, 0.6) is 0 Å². The van der Waals surface area contributed by atoms with Crippen molar-refractivity contribution in [1.29, 1.82) is 0 Å². The Labute approximate surface area is 70.0 Å². The second kappa shape index (κ2) is 3.60. The molecule has 1 aromatic heterocycles. The summed E-state index contributed by atoms with van der Waals surface area (Å²) in [7, 11) is 0. The monoisotopic (exact) mass is 170 g/mol. The molecule has 4 heteroatoms. The van der Waals surface area contributed by atoms with Gasteiger partial charge in [-0.2, -0.15) is 4.39 Å². The van der Waals surface area contributed by atoms with E-state index >= 15 is 0 Å². The van der Waals surface area contributed by atoms with Gasteiger partial charge in [-0.25, -0.2) is 4.98 Å². The van der Waals surface area contributed by atoms with E-state index in [-0.39, 0.29) is 6.61 Å². The van der Waals surface area contributed by atoms with E-state index in [2.05, 4.69) is 4.98 Å². The Morgan fingerprint density at radius 3 is 2.92 bits per heavy atom. The molecule has 1 atom stereocenters. The molecule has 0 aliphatic carbocycles. The number of nitrogens with two attached hydrogens (primary N) is 1. The summed E-state index contributed by atoms with van der Waals surface area (Å²) in [5.41, 5.74) is 6.92. The lowest BCUT2D eigenvalue weighted by Gasteiger charge is -2.10. The van der Waals surface area contributed by atoms with Gasteiger partial charge in [0, 0.05) is 6.20 Å². The van der Waals surface area contributed by atoms with E-state index in [1.165, 1.54) is 12.3 Å². The van der Waals surface area contributed by atoms with Crippen LogP contribution in [0.3, 0.4) is 0 Å². The summed E-state index contributed by atoms with van der Waals surface area (Å²) in [6, 6.07) is 0.822. The summed E-state index contributed by atoms with van der Waals surface area (Å²) in [6.45, 7) is 1.57. The summed E-state index contributed by atoms with van der Waals surface area (Å²) in [5, 5.41) is 8.74. The minimum Gasteiger partial charge on any atom is -0.394 e. The van der Waals surface area contributed by atoms with Crippen molar-refractivity contribution >= 4 is 0 Å². The fourth-order valence-corrected chi connectivity index (χ4v) is 1.02. The molecule has 1 unspecified atom stereocenters. The van der Waals surface area contributed by atoms with Crippen LogP contribution in [0, 0.1) is 12.9 Å². The van der Waals surface area contributed by atoms with E-state index in [1.54, 1.807) is 6.92 Å². The van der Waals surface area contributed by atoms with Crippen molar-refractivity contribution in [3.05, 3.63) is 29.3 Å². The van der Waals surface area contributed by atoms with Crippen LogP contribution in [0.2, 0.25) is 0 Å². The number of rotatable bonds is 2. The fraction of sp³-hybridized carbons (Fsp3) is 0.375. The molecule has 1 aromatic rings. The summed E-state index contributed by atoms with van der Waals surface area (Å²) in [4.78, 5) is 3.45. The number of hydrogen-bond acceptors (Lipinski definition) is 3. The van der Waals surface area contributed by atoms with E-state index in [9.17, 15) is 4.39 Å². The lowest BCUT2D eigenvalue weighted by molar-refractivity contribution is 0.267. The van der Waals surface area contributed by atoms with Gasteiger partial charge < -0.3 is 10.8 Å². The molecule has 0 fully saturated rings. The Bertz CT molecular complexity index is 278. The molecule has 0 spiro atoms. The van der Waals surface area contributed by atoms with Crippen molar-refractivity contribution in [1.82, 2.24) is 4.98 Å². The van der Waals surface area contributed by atoms with Gasteiger partial charge in [-0.05, 0) is 24.1 Å². The van der Waals surface area contributed by atoms with E-state index in [0.29, 0.717) is 11.1 Å². The number of aryl methyl sites for hydroxylation is 1. The smallest absolute Gasteiger partial charge is 0.213 e. The molecule has 66 valence electrons. The van der Waals surface area contributed by atoms with Crippen LogP contribution in [-0.2, 0) is 0 Å². The Morgan fingerprint density at radius 2 is 2.42 bits per heavy atom. The van der Waals surface area contributed by atoms with Crippen molar-refractivity contribution in [2.24, 2.45) is 5.73 Å². The Hall–Kier alpha value is -1.00. The van der Waals surface area contributed by atoms with E-state index in [0.717, 1.165) is 0 Å². The Balaban J connectivity index is 3.01. The first-order valence-corrected chi connectivity index (χ1v) is 3.63. The molecule has 0 bridgehead atoms. The van der Waals surface area contributed by atoms with E-state index < -0.39 is 12.0 Å². The first-order chi connectivity index (χ1) is 5.65. The maximum absolute atomic E-state index is 12.5. The highest BCUT2D eigenvalue weighted by atomic mass is 19.1. The number of nitrogens with zero attached hydrogens (tertiary/aromatic N) is 1. The molecule has 3 nitrogen and oxygen atoms in total. The molecule has 0 saturated heterocycles. The SMILES string of the molecule is Cc1cc(F)ncc1C(N)CO. The van der Waals surface area contributed by atoms with Crippen molar-refractivity contribution in [3.8, 4) is 0 Å². The molecule has 0 saturated carbocycles. The van der Waals surface area contributed by atoms with Crippen LogP contribution >= 0.6 is 0 Å². The van der Waals surface area contributed by atoms with Gasteiger partial charge in [0.05, 0.1) is 12.6 Å². The van der Waals surface area contributed by atoms with Gasteiger partial charge >= 0.3 is 0 Å². The number of aliphatic hydroxyl groups excluding tert-OH is 1. The highest BCUT2D eigenvalue weighted by Crippen LogP contribution is 2.13. The first kappa shape index (κ1) is 9.09. The van der Waals surface area contributed by atoms with Crippen molar-refractivity contribution < 1.29 is 9.50 Å². The zero-order chi connectivity index (χ0) is 9.14. The van der Waals surface area contributed by atoms with Gasteiger partial charge in [0.1, 0.15) is 0 Å². The van der Waals surface area contributed by atoms with Gasteiger partial charge in [-0.1, -0.05) is 0 Å². The van der Waals surface area contributed by atoms with Gasteiger partial charge in [0.2, 0.25) is 5.95 Å². The lowest BCUT2D eigenvalue weighted by atomic mass is 10.1. The quantitative estimate of drug-likeness (QED) is 0.636. The molecule has 0 aromatic carbocycles. The average Bonchev–Trinajstić information content (AvgIpc) is 2.03. The van der Waals surface area contributed by atoms with Crippen LogP contribution in [0.4, 0.5) is 4.39 Å². The molecule has 3 N–H and O–H groups in total. The van der Waals surface area contributed by atoms with Crippen LogP contribution < -0.4 is 5.73 Å². The fourth-order valence-electron chi connectivity index (χ4n) is 1.02. The van der Waals surface area contributed by atoms with Crippen LogP contribution in [-0.4, -0.2) is 16.7 Å². The third-order valence-electron chi connectivity index (χ3n) is 1.71. The summed E-state index contributed by atoms with van der Waals surface area (Å²) >= 11 is 0. The van der Waals surface area contributed by atoms with E-state index in [4.69, 9.17) is 10.8 Å². The zero-order valence-electron chi connectivity index (χ0n) is 6.79. The Morgan fingerprint density at radius 1 is 1.75 bits per heavy atom. The van der Waals surface area contributed by atoms with Crippen molar-refractivity contribution in [2.45, 2.75) is 13.0 Å². The molecule has 0 aliphatic heterocycles. The van der Waals surface area contributed by atoms with Crippen LogP contribution in [0.25, 0.3) is 0 Å². The molecule has 0 aliphatic rings. The van der Waals surface area contributed by atoms with Gasteiger partial charge in [-0.15, -0.1) is 0 Å². The predicted molar refractivity (Wildman–Crippen MR) is 42.9 cm³/mol. The topological polar surface area (TPSA) is 59.1 Å². The maximum Gasteiger partial charge on any atom is 0.213 e. The lowest BCUT2D eigenvalue weighted by Crippen LogP contribution is -2.16. The molecule has 1 heterocycles. The summed E-state index contributed by atoms with van der Waals surface area (Å²) in [6.07, 6.45) is 1.35. The number of halogens is 1. The molecule has 0 radical (unpaired) electrons. The molecule has 1 rings (SSSR count). The van der Waals surface area contributed by atoms with Crippen molar-refractivity contribution in [2.75, 3.05) is 6.61 Å². The predicted octanol–water partition coefficient (Wildman–Crippen LogP) is 0.521. The maximum atomic E-state index is 12.5. The van der Waals surface area contributed by atoms with Crippen LogP contribution in [0.15, 0.2) is 12.3 Å². The minimum atomic E-state index is -0.526. The molecular weight excluding hydrogens is 159 g/mol. The van der Waals surface area contributed by atoms with Gasteiger partial charge in [-0.3, -0.25) is 0 Å². The number of aromatic nitrogens is 1. The highest BCUT2D eigenvalue weighted by Gasteiger charge is 2.08. The average molecular weight is 170 g/mol. The number of pyridine rings is 1. The van der Waals surface area contributed by atoms with E-state index in [1.807, 2.05) is 0 Å². The largest absolute Gasteiger partial charge is 0.394 e. The second-order valence-electron chi connectivity index (χ2n) is 2.65. The number of aliphatic hydroxyl groups is 1. The molecular formula is C8H11FN2O. The van der Waals surface area contributed by atoms with Gasteiger partial charge in [0.25, 0.3) is 0 Å². The van der Waals surface area contributed by atoms with Gasteiger partial charge in [0.15, 0.2) is 0 Å². The van der Waals surface area contributed by atoms with Crippen LogP contribution in [0.1, 0.15) is 17.2 Å².